The van der Waals surface area contributed by atoms with Gasteiger partial charge in [0, 0.05) is 17.6 Å². The molecule has 0 saturated carbocycles. The highest BCUT2D eigenvalue weighted by Gasteiger charge is 2.17. The fraction of sp³-hybridized carbons (Fsp3) is 0.385. The third-order valence-corrected chi connectivity index (χ3v) is 5.61. The monoisotopic (exact) mass is 436 g/mol. The molecule has 32 heavy (non-hydrogen) atoms. The lowest BCUT2D eigenvalue weighted by molar-refractivity contribution is -0.145. The average Bonchev–Trinajstić information content (AvgIpc) is 3.07. The second kappa shape index (κ2) is 9.90. The van der Waals surface area contributed by atoms with Gasteiger partial charge in [-0.05, 0) is 61.6 Å². The van der Waals surface area contributed by atoms with E-state index in [-0.39, 0.29) is 18.9 Å². The van der Waals surface area contributed by atoms with Crippen molar-refractivity contribution in [3.63, 3.8) is 0 Å². The van der Waals surface area contributed by atoms with Crippen LogP contribution in [-0.4, -0.2) is 30.2 Å². The number of carbonyl (C=O) groups is 2. The SMILES string of the molecule is CCOC(=O)CC(=O)Nc1ccc(C)c2c1cc(C)n2Cc1ccc(OC)c(C(C)C)c1. The maximum Gasteiger partial charge on any atom is 0.315 e. The molecule has 0 aliphatic rings. The van der Waals surface area contributed by atoms with E-state index in [4.69, 9.17) is 9.47 Å². The van der Waals surface area contributed by atoms with E-state index in [2.05, 4.69) is 55.8 Å². The van der Waals surface area contributed by atoms with Crippen molar-refractivity contribution in [2.24, 2.45) is 0 Å². The van der Waals surface area contributed by atoms with Gasteiger partial charge in [-0.15, -0.1) is 0 Å². The first-order chi connectivity index (χ1) is 15.2. The predicted octanol–water partition coefficient (Wildman–Crippen LogP) is 5.33. The average molecular weight is 437 g/mol. The minimum Gasteiger partial charge on any atom is -0.496 e. The molecule has 1 heterocycles. The molecule has 170 valence electrons. The number of methoxy groups -OCH3 is 1. The van der Waals surface area contributed by atoms with Crippen LogP contribution in [0.25, 0.3) is 10.9 Å². The number of aryl methyl sites for hydroxylation is 2. The number of benzene rings is 2. The fourth-order valence-corrected chi connectivity index (χ4v) is 4.05. The van der Waals surface area contributed by atoms with Gasteiger partial charge >= 0.3 is 5.97 Å². The van der Waals surface area contributed by atoms with Gasteiger partial charge in [0.2, 0.25) is 5.91 Å². The summed E-state index contributed by atoms with van der Waals surface area (Å²) >= 11 is 0. The number of hydrogen-bond acceptors (Lipinski definition) is 4. The third kappa shape index (κ3) is 4.96. The van der Waals surface area contributed by atoms with Gasteiger partial charge < -0.3 is 19.4 Å². The molecule has 6 heteroatoms. The van der Waals surface area contributed by atoms with E-state index in [0.29, 0.717) is 18.2 Å². The maximum atomic E-state index is 12.3. The van der Waals surface area contributed by atoms with Crippen LogP contribution in [0.4, 0.5) is 5.69 Å². The van der Waals surface area contributed by atoms with E-state index in [1.807, 2.05) is 18.2 Å². The largest absolute Gasteiger partial charge is 0.496 e. The van der Waals surface area contributed by atoms with E-state index in [1.165, 1.54) is 11.1 Å². The molecule has 0 saturated heterocycles. The van der Waals surface area contributed by atoms with E-state index >= 15 is 0 Å². The second-order valence-electron chi connectivity index (χ2n) is 8.33. The van der Waals surface area contributed by atoms with Crippen molar-refractivity contribution in [2.75, 3.05) is 19.0 Å². The van der Waals surface area contributed by atoms with Gasteiger partial charge in [-0.1, -0.05) is 32.0 Å². The van der Waals surface area contributed by atoms with E-state index in [1.54, 1.807) is 14.0 Å². The molecule has 0 aliphatic carbocycles. The summed E-state index contributed by atoms with van der Waals surface area (Å²) in [4.78, 5) is 24.0. The Morgan fingerprint density at radius 2 is 1.84 bits per heavy atom. The highest BCUT2D eigenvalue weighted by molar-refractivity contribution is 6.07. The van der Waals surface area contributed by atoms with Crippen LogP contribution in [0, 0.1) is 13.8 Å². The number of aromatic nitrogens is 1. The number of nitrogens with zero attached hydrogens (tertiary/aromatic N) is 1. The van der Waals surface area contributed by atoms with Gasteiger partial charge in [-0.3, -0.25) is 9.59 Å². The van der Waals surface area contributed by atoms with Crippen LogP contribution < -0.4 is 10.1 Å². The minimum absolute atomic E-state index is 0.257. The van der Waals surface area contributed by atoms with Crippen molar-refractivity contribution in [1.29, 1.82) is 0 Å². The van der Waals surface area contributed by atoms with Crippen LogP contribution in [-0.2, 0) is 20.9 Å². The van der Waals surface area contributed by atoms with Gasteiger partial charge in [0.1, 0.15) is 12.2 Å². The lowest BCUT2D eigenvalue weighted by Crippen LogP contribution is -2.18. The first-order valence-electron chi connectivity index (χ1n) is 11.0. The molecule has 2 aromatic carbocycles. The molecular weight excluding hydrogens is 404 g/mol. The van der Waals surface area contributed by atoms with Crippen LogP contribution in [0.1, 0.15) is 55.5 Å². The smallest absolute Gasteiger partial charge is 0.315 e. The van der Waals surface area contributed by atoms with Crippen molar-refractivity contribution in [1.82, 2.24) is 4.57 Å². The molecule has 3 rings (SSSR count). The van der Waals surface area contributed by atoms with Crippen LogP contribution in [0.5, 0.6) is 5.75 Å². The molecule has 0 atom stereocenters. The summed E-state index contributed by atoms with van der Waals surface area (Å²) in [6.07, 6.45) is -0.299. The normalized spacial score (nSPS) is 11.1. The molecule has 1 amide bonds. The van der Waals surface area contributed by atoms with E-state index < -0.39 is 5.97 Å². The van der Waals surface area contributed by atoms with Crippen LogP contribution in [0.3, 0.4) is 0 Å². The first-order valence-corrected chi connectivity index (χ1v) is 11.0. The number of carbonyl (C=O) groups excluding carboxylic acids is 2. The fourth-order valence-electron chi connectivity index (χ4n) is 4.05. The van der Waals surface area contributed by atoms with Crippen molar-refractivity contribution in [3.8, 4) is 5.75 Å². The Balaban J connectivity index is 1.95. The summed E-state index contributed by atoms with van der Waals surface area (Å²) in [6.45, 7) is 11.1. The second-order valence-corrected chi connectivity index (χ2v) is 8.33. The van der Waals surface area contributed by atoms with Crippen molar-refractivity contribution >= 4 is 28.5 Å². The molecule has 1 N–H and O–H groups in total. The highest BCUT2D eigenvalue weighted by atomic mass is 16.5. The maximum absolute atomic E-state index is 12.3. The first kappa shape index (κ1) is 23.4. The van der Waals surface area contributed by atoms with Crippen molar-refractivity contribution < 1.29 is 19.1 Å². The number of esters is 1. The Labute approximate surface area is 189 Å². The summed E-state index contributed by atoms with van der Waals surface area (Å²) in [5.74, 6) is 0.356. The molecule has 0 aliphatic heterocycles. The number of fused-ring (bicyclic) bond motifs is 1. The molecule has 0 fully saturated rings. The Morgan fingerprint density at radius 1 is 1.09 bits per heavy atom. The zero-order valence-electron chi connectivity index (χ0n) is 19.7. The summed E-state index contributed by atoms with van der Waals surface area (Å²) in [5, 5.41) is 3.83. The standard InChI is InChI=1S/C26H32N2O4/c1-7-32-25(30)14-24(29)27-22-10-8-17(4)26-21(22)12-18(5)28(26)15-19-9-11-23(31-6)20(13-19)16(2)3/h8-13,16H,7,14-15H2,1-6H3,(H,27,29). The van der Waals surface area contributed by atoms with Crippen LogP contribution >= 0.6 is 0 Å². The van der Waals surface area contributed by atoms with E-state index in [9.17, 15) is 9.59 Å². The van der Waals surface area contributed by atoms with E-state index in [0.717, 1.165) is 27.9 Å². The number of anilines is 1. The Kier molecular flexibility index (Phi) is 7.23. The van der Waals surface area contributed by atoms with Crippen molar-refractivity contribution in [2.45, 2.75) is 53.5 Å². The molecule has 6 nitrogen and oxygen atoms in total. The summed E-state index contributed by atoms with van der Waals surface area (Å²) in [7, 11) is 1.70. The molecule has 0 radical (unpaired) electrons. The molecular formula is C26H32N2O4. The molecule has 1 aromatic heterocycles. The molecule has 0 unspecified atom stereocenters. The number of rotatable bonds is 8. The zero-order chi connectivity index (χ0) is 23.4. The summed E-state index contributed by atoms with van der Waals surface area (Å²) in [6, 6.07) is 12.3. The Hall–Kier alpha value is -3.28. The van der Waals surface area contributed by atoms with Crippen LogP contribution in [0.2, 0.25) is 0 Å². The summed E-state index contributed by atoms with van der Waals surface area (Å²) in [5.41, 5.74) is 6.35. The van der Waals surface area contributed by atoms with Gasteiger partial charge in [-0.25, -0.2) is 0 Å². The minimum atomic E-state index is -0.525. The zero-order valence-corrected chi connectivity index (χ0v) is 19.7. The summed E-state index contributed by atoms with van der Waals surface area (Å²) < 4.78 is 12.7. The third-order valence-electron chi connectivity index (χ3n) is 5.61. The number of nitrogens with one attached hydrogen (secondary N) is 1. The lowest BCUT2D eigenvalue weighted by atomic mass is 9.99. The Bertz CT molecular complexity index is 1140. The lowest BCUT2D eigenvalue weighted by Gasteiger charge is -2.16. The quantitative estimate of drug-likeness (QED) is 0.383. The highest BCUT2D eigenvalue weighted by Crippen LogP contribution is 2.32. The number of amides is 1. The number of ether oxygens (including phenoxy) is 2. The topological polar surface area (TPSA) is 69.6 Å². The van der Waals surface area contributed by atoms with Crippen LogP contribution in [0.15, 0.2) is 36.4 Å². The predicted molar refractivity (Wildman–Crippen MR) is 127 cm³/mol. The van der Waals surface area contributed by atoms with Gasteiger partial charge in [0.15, 0.2) is 0 Å². The molecule has 0 bridgehead atoms. The number of hydrogen-bond donors (Lipinski definition) is 1. The molecule has 0 spiro atoms. The Morgan fingerprint density at radius 3 is 2.50 bits per heavy atom. The van der Waals surface area contributed by atoms with Gasteiger partial charge in [-0.2, -0.15) is 0 Å². The van der Waals surface area contributed by atoms with Gasteiger partial charge in [0.25, 0.3) is 0 Å². The molecule has 3 aromatic rings. The van der Waals surface area contributed by atoms with Gasteiger partial charge in [0.05, 0.1) is 24.9 Å². The van der Waals surface area contributed by atoms with Crippen molar-refractivity contribution in [3.05, 3.63) is 58.8 Å².